The van der Waals surface area contributed by atoms with Crippen LogP contribution in [0, 0.1) is 0 Å². The van der Waals surface area contributed by atoms with Crippen molar-refractivity contribution < 1.29 is 38.6 Å². The van der Waals surface area contributed by atoms with Crippen molar-refractivity contribution in [3.05, 3.63) is 100 Å². The van der Waals surface area contributed by atoms with Crippen LogP contribution in [0.15, 0.2) is 72.2 Å². The van der Waals surface area contributed by atoms with Crippen LogP contribution in [-0.4, -0.2) is 59.7 Å². The first kappa shape index (κ1) is 29.1. The van der Waals surface area contributed by atoms with Crippen molar-refractivity contribution in [3.8, 4) is 11.1 Å². The number of carbonyl (C=O) groups is 3. The molecule has 0 spiro atoms. The summed E-state index contributed by atoms with van der Waals surface area (Å²) in [7, 11) is -0.884. The minimum atomic E-state index is -1.26. The van der Waals surface area contributed by atoms with Crippen LogP contribution in [0.4, 0.5) is 4.79 Å². The first-order valence-corrected chi connectivity index (χ1v) is 13.6. The summed E-state index contributed by atoms with van der Waals surface area (Å²) in [6.07, 6.45) is 0.926. The van der Waals surface area contributed by atoms with Crippen LogP contribution in [0.3, 0.4) is 0 Å². The number of amides is 1. The number of nitrogens with one attached hydrogen (secondary N) is 1. The maximum atomic E-state index is 12.9. The molecule has 0 aromatic heterocycles. The van der Waals surface area contributed by atoms with Crippen LogP contribution in [-0.2, 0) is 14.0 Å². The van der Waals surface area contributed by atoms with Crippen LogP contribution in [0.25, 0.3) is 17.2 Å². The van der Waals surface area contributed by atoms with Crippen molar-refractivity contribution in [2.45, 2.75) is 44.8 Å². The molecule has 10 heteroatoms. The number of hydrogen-bond acceptors (Lipinski definition) is 6. The average molecular weight is 569 g/mol. The summed E-state index contributed by atoms with van der Waals surface area (Å²) < 4.78 is 18.1. The third kappa shape index (κ3) is 5.68. The Balaban J connectivity index is 1.36. The van der Waals surface area contributed by atoms with Crippen molar-refractivity contribution >= 4 is 31.2 Å². The van der Waals surface area contributed by atoms with Gasteiger partial charge in [0.1, 0.15) is 6.61 Å². The van der Waals surface area contributed by atoms with Gasteiger partial charge in [0, 0.05) is 12.5 Å². The number of aromatic carboxylic acids is 2. The summed E-state index contributed by atoms with van der Waals surface area (Å²) in [4.78, 5) is 36.2. The van der Waals surface area contributed by atoms with Crippen molar-refractivity contribution in [1.29, 1.82) is 0 Å². The second kappa shape index (κ2) is 11.1. The van der Waals surface area contributed by atoms with Gasteiger partial charge in [-0.3, -0.25) is 0 Å². The molecule has 3 aromatic carbocycles. The SMILES string of the molecule is CC1(C)OB(C(=Cc2cc(C(=O)O)cc(C(=O)O)c2)CNC(=O)OCC2c3ccccc3-c3ccccc32)OC1(C)C. The quantitative estimate of drug-likeness (QED) is 0.297. The minimum absolute atomic E-state index is 0.0484. The van der Waals surface area contributed by atoms with E-state index in [1.807, 2.05) is 64.1 Å². The Kier molecular flexibility index (Phi) is 7.70. The summed E-state index contributed by atoms with van der Waals surface area (Å²) in [5.74, 6) is -2.63. The summed E-state index contributed by atoms with van der Waals surface area (Å²) in [5, 5.41) is 21.8. The first-order chi connectivity index (χ1) is 19.9. The lowest BCUT2D eigenvalue weighted by molar-refractivity contribution is 0.00578. The van der Waals surface area contributed by atoms with Gasteiger partial charge in [-0.2, -0.15) is 0 Å². The molecule has 42 heavy (non-hydrogen) atoms. The van der Waals surface area contributed by atoms with Gasteiger partial charge >= 0.3 is 25.2 Å². The summed E-state index contributed by atoms with van der Waals surface area (Å²) in [6, 6.07) is 19.9. The van der Waals surface area contributed by atoms with E-state index in [2.05, 4.69) is 17.4 Å². The van der Waals surface area contributed by atoms with E-state index < -0.39 is 36.4 Å². The lowest BCUT2D eigenvalue weighted by Crippen LogP contribution is -2.41. The van der Waals surface area contributed by atoms with Gasteiger partial charge in [-0.1, -0.05) is 54.6 Å². The van der Waals surface area contributed by atoms with E-state index in [0.717, 1.165) is 28.3 Å². The monoisotopic (exact) mass is 569 g/mol. The van der Waals surface area contributed by atoms with Gasteiger partial charge in [0.05, 0.1) is 22.3 Å². The number of ether oxygens (including phenoxy) is 1. The molecule has 1 aliphatic carbocycles. The Labute approximate surface area is 244 Å². The van der Waals surface area contributed by atoms with E-state index in [-0.39, 0.29) is 30.2 Å². The number of carboxylic acids is 2. The number of hydrogen-bond donors (Lipinski definition) is 3. The molecular formula is C32H32BNO8. The molecule has 216 valence electrons. The Hall–Kier alpha value is -4.41. The second-order valence-electron chi connectivity index (χ2n) is 11.4. The zero-order valence-electron chi connectivity index (χ0n) is 23.8. The van der Waals surface area contributed by atoms with E-state index in [4.69, 9.17) is 14.0 Å². The smallest absolute Gasteiger partial charge is 0.478 e. The van der Waals surface area contributed by atoms with Gasteiger partial charge < -0.3 is 29.6 Å². The third-order valence-corrected chi connectivity index (χ3v) is 8.14. The number of alkyl carbamates (subject to hydrolysis) is 1. The number of rotatable bonds is 8. The third-order valence-electron chi connectivity index (χ3n) is 8.14. The van der Waals surface area contributed by atoms with E-state index in [0.29, 0.717) is 11.0 Å². The lowest BCUT2D eigenvalue weighted by atomic mass is 9.76. The number of fused-ring (bicyclic) bond motifs is 3. The lowest BCUT2D eigenvalue weighted by Gasteiger charge is -2.32. The van der Waals surface area contributed by atoms with Crippen LogP contribution < -0.4 is 5.32 Å². The predicted octanol–water partition coefficient (Wildman–Crippen LogP) is 5.64. The van der Waals surface area contributed by atoms with E-state index in [9.17, 15) is 24.6 Å². The molecule has 5 rings (SSSR count). The molecule has 1 aliphatic heterocycles. The fourth-order valence-electron chi connectivity index (χ4n) is 5.22. The molecule has 1 fully saturated rings. The van der Waals surface area contributed by atoms with E-state index in [1.54, 1.807) is 6.08 Å². The Morgan fingerprint density at radius 1 is 0.857 bits per heavy atom. The largest absolute Gasteiger partial charge is 0.492 e. The van der Waals surface area contributed by atoms with Crippen molar-refractivity contribution in [2.24, 2.45) is 0 Å². The molecule has 0 bridgehead atoms. The molecule has 9 nitrogen and oxygen atoms in total. The fraction of sp³-hybridized carbons (Fsp3) is 0.281. The second-order valence-corrected chi connectivity index (χ2v) is 11.4. The van der Waals surface area contributed by atoms with Crippen LogP contribution in [0.2, 0.25) is 0 Å². The standard InChI is InChI=1S/C32H32BNO8/c1-31(2)32(3,4)42-33(41-31)22(15-19-13-20(28(35)36)16-21(14-19)29(37)38)17-34-30(39)40-18-27-25-11-7-5-9-23(25)24-10-6-8-12-26(24)27/h5-16,27H,17-18H2,1-4H3,(H,34,39)(H,35,36)(H,37,38). The predicted molar refractivity (Wildman–Crippen MR) is 157 cm³/mol. The van der Waals surface area contributed by atoms with Gasteiger partial charge in [-0.25, -0.2) is 14.4 Å². The number of carboxylic acid groups (broad SMARTS) is 2. The number of benzene rings is 3. The van der Waals surface area contributed by atoms with Gasteiger partial charge in [0.15, 0.2) is 0 Å². The highest BCUT2D eigenvalue weighted by Crippen LogP contribution is 2.44. The van der Waals surface area contributed by atoms with Crippen LogP contribution in [0.5, 0.6) is 0 Å². The molecule has 2 aliphatic rings. The van der Waals surface area contributed by atoms with Gasteiger partial charge in [-0.05, 0) is 79.2 Å². The molecule has 1 amide bonds. The Bertz CT molecular complexity index is 1500. The average Bonchev–Trinajstić information content (AvgIpc) is 3.38. The molecule has 0 saturated carbocycles. The van der Waals surface area contributed by atoms with Gasteiger partial charge in [0.2, 0.25) is 0 Å². The molecule has 0 atom stereocenters. The summed E-state index contributed by atoms with van der Waals surface area (Å²) in [5.41, 5.74) is 3.47. The summed E-state index contributed by atoms with van der Waals surface area (Å²) >= 11 is 0. The first-order valence-electron chi connectivity index (χ1n) is 13.6. The maximum absolute atomic E-state index is 12.9. The zero-order valence-corrected chi connectivity index (χ0v) is 23.8. The van der Waals surface area contributed by atoms with Crippen molar-refractivity contribution in [2.75, 3.05) is 13.2 Å². The fourth-order valence-corrected chi connectivity index (χ4v) is 5.22. The van der Waals surface area contributed by atoms with Crippen molar-refractivity contribution in [3.63, 3.8) is 0 Å². The highest BCUT2D eigenvalue weighted by molar-refractivity contribution is 6.56. The highest BCUT2D eigenvalue weighted by Gasteiger charge is 2.52. The molecule has 3 N–H and O–H groups in total. The molecule has 0 radical (unpaired) electrons. The van der Waals surface area contributed by atoms with Crippen LogP contribution in [0.1, 0.15) is 71.0 Å². The number of carbonyl (C=O) groups excluding carboxylic acids is 1. The molecule has 1 saturated heterocycles. The Morgan fingerprint density at radius 2 is 1.36 bits per heavy atom. The van der Waals surface area contributed by atoms with Crippen LogP contribution >= 0.6 is 0 Å². The van der Waals surface area contributed by atoms with Gasteiger partial charge in [0.25, 0.3) is 0 Å². The van der Waals surface area contributed by atoms with E-state index in [1.165, 1.54) is 12.1 Å². The topological polar surface area (TPSA) is 131 Å². The summed E-state index contributed by atoms with van der Waals surface area (Å²) in [6.45, 7) is 7.63. The molecule has 3 aromatic rings. The maximum Gasteiger partial charge on any atom is 0.492 e. The zero-order chi connectivity index (χ0) is 30.2. The van der Waals surface area contributed by atoms with Gasteiger partial charge in [-0.15, -0.1) is 0 Å². The molecular weight excluding hydrogens is 537 g/mol. The molecule has 0 unspecified atom stereocenters. The minimum Gasteiger partial charge on any atom is -0.478 e. The highest BCUT2D eigenvalue weighted by atomic mass is 16.7. The van der Waals surface area contributed by atoms with Crippen molar-refractivity contribution in [1.82, 2.24) is 5.32 Å². The molecule has 1 heterocycles. The normalized spacial score (nSPS) is 17.0. The Morgan fingerprint density at radius 3 is 1.86 bits per heavy atom. The van der Waals surface area contributed by atoms with E-state index >= 15 is 0 Å².